The number of oxime groups is 1. The lowest BCUT2D eigenvalue weighted by Crippen LogP contribution is -2.29. The Morgan fingerprint density at radius 2 is 1.75 bits per heavy atom. The van der Waals surface area contributed by atoms with Crippen molar-refractivity contribution < 1.29 is 28.7 Å². The van der Waals surface area contributed by atoms with Crippen LogP contribution in [0.3, 0.4) is 0 Å². The van der Waals surface area contributed by atoms with E-state index in [1.54, 1.807) is 0 Å². The van der Waals surface area contributed by atoms with Crippen LogP contribution in [-0.4, -0.2) is 43.9 Å². The summed E-state index contributed by atoms with van der Waals surface area (Å²) >= 11 is 0. The fraction of sp³-hybridized carbons (Fsp3) is 0.200. The molecule has 1 unspecified atom stereocenters. The zero-order valence-electron chi connectivity index (χ0n) is 15.3. The van der Waals surface area contributed by atoms with E-state index in [1.165, 1.54) is 32.4 Å². The van der Waals surface area contributed by atoms with Gasteiger partial charge in [-0.2, -0.15) is 0 Å². The summed E-state index contributed by atoms with van der Waals surface area (Å²) in [6.45, 7) is 0. The van der Waals surface area contributed by atoms with E-state index in [1.807, 2.05) is 30.3 Å². The van der Waals surface area contributed by atoms with Crippen LogP contribution in [0.1, 0.15) is 32.7 Å². The Bertz CT molecular complexity index is 939. The normalized spacial score (nSPS) is 15.2. The van der Waals surface area contributed by atoms with Crippen LogP contribution in [0.2, 0.25) is 0 Å². The maximum absolute atomic E-state index is 12.6. The van der Waals surface area contributed by atoms with E-state index < -0.39 is 23.9 Å². The van der Waals surface area contributed by atoms with Gasteiger partial charge < -0.3 is 19.6 Å². The summed E-state index contributed by atoms with van der Waals surface area (Å²) in [6, 6.07) is 13.5. The molecule has 144 valence electrons. The molecule has 0 radical (unpaired) electrons. The quantitative estimate of drug-likeness (QED) is 0.797. The number of nitrogens with zero attached hydrogens (tertiary/aromatic N) is 1. The number of hydrogen-bond donors (Lipinski definition) is 1. The number of amides is 1. The number of carbonyl (C=O) groups excluding carboxylic acids is 3. The lowest BCUT2D eigenvalue weighted by atomic mass is 10.0. The van der Waals surface area contributed by atoms with Crippen LogP contribution in [-0.2, 0) is 19.1 Å². The molecule has 28 heavy (non-hydrogen) atoms. The van der Waals surface area contributed by atoms with Crippen LogP contribution in [0.4, 0.5) is 5.69 Å². The van der Waals surface area contributed by atoms with Crippen LogP contribution in [0.5, 0.6) is 0 Å². The van der Waals surface area contributed by atoms with Crippen molar-refractivity contribution in [3.05, 3.63) is 65.2 Å². The minimum atomic E-state index is -0.859. The molecule has 1 N–H and O–H groups in total. The SMILES string of the molecule is COC(=O)c1ccc(C(=O)OC)c(NC(=O)C2CC(c3ccccc3)=NO2)c1. The fourth-order valence-electron chi connectivity index (χ4n) is 2.71. The van der Waals surface area contributed by atoms with E-state index in [2.05, 4.69) is 15.2 Å². The van der Waals surface area contributed by atoms with Gasteiger partial charge in [0.05, 0.1) is 36.7 Å². The second kappa shape index (κ2) is 8.34. The smallest absolute Gasteiger partial charge is 0.339 e. The summed E-state index contributed by atoms with van der Waals surface area (Å²) in [6.07, 6.45) is -0.581. The summed E-state index contributed by atoms with van der Waals surface area (Å²) < 4.78 is 9.40. The Kier molecular flexibility index (Phi) is 5.69. The first-order chi connectivity index (χ1) is 13.5. The first-order valence-corrected chi connectivity index (χ1v) is 8.43. The number of hydrogen-bond acceptors (Lipinski definition) is 7. The van der Waals surface area contributed by atoms with Gasteiger partial charge in [0.1, 0.15) is 0 Å². The maximum Gasteiger partial charge on any atom is 0.339 e. The molecule has 0 fully saturated rings. The second-order valence-electron chi connectivity index (χ2n) is 5.93. The largest absolute Gasteiger partial charge is 0.465 e. The van der Waals surface area contributed by atoms with Gasteiger partial charge in [-0.3, -0.25) is 4.79 Å². The van der Waals surface area contributed by atoms with Crippen molar-refractivity contribution in [2.75, 3.05) is 19.5 Å². The molecule has 8 nitrogen and oxygen atoms in total. The highest BCUT2D eigenvalue weighted by Gasteiger charge is 2.30. The molecule has 0 spiro atoms. The van der Waals surface area contributed by atoms with Crippen LogP contribution >= 0.6 is 0 Å². The summed E-state index contributed by atoms with van der Waals surface area (Å²) in [5.74, 6) is -1.75. The Labute approximate surface area is 161 Å². The van der Waals surface area contributed by atoms with Gasteiger partial charge >= 0.3 is 11.9 Å². The van der Waals surface area contributed by atoms with Crippen molar-refractivity contribution >= 4 is 29.2 Å². The molecule has 1 heterocycles. The van der Waals surface area contributed by atoms with Crippen molar-refractivity contribution in [1.29, 1.82) is 0 Å². The molecular weight excluding hydrogens is 364 g/mol. The average Bonchev–Trinajstić information content (AvgIpc) is 3.23. The third-order valence-corrected chi connectivity index (χ3v) is 4.17. The molecular formula is C20H18N2O6. The maximum atomic E-state index is 12.6. The first-order valence-electron chi connectivity index (χ1n) is 8.43. The lowest BCUT2D eigenvalue weighted by Gasteiger charge is -2.13. The molecule has 0 aromatic heterocycles. The molecule has 0 aliphatic carbocycles. The molecule has 3 rings (SSSR count). The summed E-state index contributed by atoms with van der Waals surface area (Å²) in [5.41, 5.74) is 1.92. The van der Waals surface area contributed by atoms with Crippen LogP contribution < -0.4 is 5.32 Å². The minimum Gasteiger partial charge on any atom is -0.465 e. The predicted octanol–water partition coefficient (Wildman–Crippen LogP) is 2.39. The number of anilines is 1. The van der Waals surface area contributed by atoms with Gasteiger partial charge in [0.2, 0.25) is 6.10 Å². The molecule has 1 atom stereocenters. The van der Waals surface area contributed by atoms with Crippen molar-refractivity contribution in [3.63, 3.8) is 0 Å². The fourth-order valence-corrected chi connectivity index (χ4v) is 2.71. The second-order valence-corrected chi connectivity index (χ2v) is 5.93. The van der Waals surface area contributed by atoms with Gasteiger partial charge in [0.15, 0.2) is 0 Å². The van der Waals surface area contributed by atoms with Crippen molar-refractivity contribution in [2.24, 2.45) is 5.16 Å². The van der Waals surface area contributed by atoms with E-state index in [0.29, 0.717) is 5.71 Å². The highest BCUT2D eigenvalue weighted by atomic mass is 16.6. The third kappa shape index (κ3) is 4.01. The van der Waals surface area contributed by atoms with Gasteiger partial charge in [-0.15, -0.1) is 0 Å². The molecule has 1 aliphatic heterocycles. The van der Waals surface area contributed by atoms with E-state index in [0.717, 1.165) is 5.56 Å². The third-order valence-electron chi connectivity index (χ3n) is 4.17. The molecule has 0 bridgehead atoms. The van der Waals surface area contributed by atoms with Gasteiger partial charge in [0.25, 0.3) is 5.91 Å². The van der Waals surface area contributed by atoms with Crippen molar-refractivity contribution in [2.45, 2.75) is 12.5 Å². The molecule has 1 amide bonds. The topological polar surface area (TPSA) is 103 Å². The van der Waals surface area contributed by atoms with Crippen molar-refractivity contribution in [3.8, 4) is 0 Å². The highest BCUT2D eigenvalue weighted by molar-refractivity contribution is 6.08. The van der Waals surface area contributed by atoms with Crippen molar-refractivity contribution in [1.82, 2.24) is 0 Å². The zero-order chi connectivity index (χ0) is 20.1. The number of benzene rings is 2. The molecule has 2 aromatic rings. The molecule has 0 saturated carbocycles. The van der Waals surface area contributed by atoms with Gasteiger partial charge in [-0.25, -0.2) is 9.59 Å². The summed E-state index contributed by atoms with van der Waals surface area (Å²) in [4.78, 5) is 41.6. The molecule has 1 aliphatic rings. The first kappa shape index (κ1) is 19.1. The number of rotatable bonds is 5. The van der Waals surface area contributed by atoms with E-state index >= 15 is 0 Å². The molecule has 2 aromatic carbocycles. The van der Waals surface area contributed by atoms with Crippen LogP contribution in [0.15, 0.2) is 53.7 Å². The number of esters is 2. The Morgan fingerprint density at radius 3 is 2.43 bits per heavy atom. The minimum absolute atomic E-state index is 0.103. The average molecular weight is 382 g/mol. The van der Waals surface area contributed by atoms with E-state index in [9.17, 15) is 14.4 Å². The standard InChI is InChI=1S/C20H18N2O6/c1-26-19(24)13-8-9-14(20(25)27-2)16(10-13)21-18(23)17-11-15(22-28-17)12-6-4-3-5-7-12/h3-10,17H,11H2,1-2H3,(H,21,23). The monoisotopic (exact) mass is 382 g/mol. The van der Waals surface area contributed by atoms with Crippen LogP contribution in [0, 0.1) is 0 Å². The van der Waals surface area contributed by atoms with E-state index in [4.69, 9.17) is 9.57 Å². The Hall–Kier alpha value is -3.68. The summed E-state index contributed by atoms with van der Waals surface area (Å²) in [7, 11) is 2.46. The Morgan fingerprint density at radius 1 is 1.04 bits per heavy atom. The van der Waals surface area contributed by atoms with Crippen LogP contribution in [0.25, 0.3) is 0 Å². The Balaban J connectivity index is 1.78. The van der Waals surface area contributed by atoms with Gasteiger partial charge in [-0.05, 0) is 23.8 Å². The number of methoxy groups -OCH3 is 2. The molecule has 8 heteroatoms. The number of ether oxygens (including phenoxy) is 2. The number of nitrogens with one attached hydrogen (secondary N) is 1. The lowest BCUT2D eigenvalue weighted by molar-refractivity contribution is -0.125. The summed E-state index contributed by atoms with van der Waals surface area (Å²) in [5, 5.41) is 6.59. The molecule has 0 saturated heterocycles. The van der Waals surface area contributed by atoms with Gasteiger partial charge in [-0.1, -0.05) is 35.5 Å². The van der Waals surface area contributed by atoms with Gasteiger partial charge in [0, 0.05) is 6.42 Å². The predicted molar refractivity (Wildman–Crippen MR) is 100 cm³/mol. The van der Waals surface area contributed by atoms with E-state index in [-0.39, 0.29) is 23.2 Å². The highest BCUT2D eigenvalue weighted by Crippen LogP contribution is 2.22. The zero-order valence-corrected chi connectivity index (χ0v) is 15.3. The number of carbonyl (C=O) groups is 3.